The Bertz CT molecular complexity index is 497. The first kappa shape index (κ1) is 14.8. The Morgan fingerprint density at radius 3 is 2.90 bits per heavy atom. The predicted octanol–water partition coefficient (Wildman–Crippen LogP) is 3.02. The van der Waals surface area contributed by atoms with Crippen molar-refractivity contribution in [1.29, 1.82) is 0 Å². The van der Waals surface area contributed by atoms with Crippen molar-refractivity contribution in [2.75, 3.05) is 18.5 Å². The molecule has 3 rings (SSSR count). The first-order valence-electron chi connectivity index (χ1n) is 7.82. The molecular formula is C15H22N2O3S. The van der Waals surface area contributed by atoms with E-state index in [-0.39, 0.29) is 0 Å². The number of nitrogens with one attached hydrogen (secondary N) is 1. The van der Waals surface area contributed by atoms with Crippen LogP contribution in [0.4, 0.5) is 5.13 Å². The number of carbonyl (C=O) groups is 1. The Hall–Kier alpha value is -1.14. The number of hydrogen-bond acceptors (Lipinski definition) is 5. The molecule has 1 atom stereocenters. The van der Waals surface area contributed by atoms with Crippen LogP contribution in [0.2, 0.25) is 0 Å². The molecule has 1 saturated carbocycles. The normalized spacial score (nSPS) is 22.2. The maximum absolute atomic E-state index is 11.3. The topological polar surface area (TPSA) is 71.5 Å². The monoisotopic (exact) mass is 310 g/mol. The van der Waals surface area contributed by atoms with Crippen molar-refractivity contribution in [2.45, 2.75) is 57.0 Å². The summed E-state index contributed by atoms with van der Waals surface area (Å²) >= 11 is 1.60. The van der Waals surface area contributed by atoms with Crippen molar-refractivity contribution in [2.24, 2.45) is 0 Å². The lowest BCUT2D eigenvalue weighted by atomic mass is 9.91. The van der Waals surface area contributed by atoms with Crippen LogP contribution in [-0.2, 0) is 16.0 Å². The van der Waals surface area contributed by atoms with Gasteiger partial charge in [-0.05, 0) is 32.1 Å². The van der Waals surface area contributed by atoms with Crippen LogP contribution in [-0.4, -0.2) is 35.3 Å². The lowest BCUT2D eigenvalue weighted by molar-refractivity contribution is -0.139. The van der Waals surface area contributed by atoms with Crippen LogP contribution in [0.3, 0.4) is 0 Å². The predicted molar refractivity (Wildman–Crippen MR) is 82.1 cm³/mol. The van der Waals surface area contributed by atoms with Crippen molar-refractivity contribution in [3.63, 3.8) is 0 Å². The van der Waals surface area contributed by atoms with Gasteiger partial charge in [-0.25, -0.2) is 4.98 Å². The second kappa shape index (κ2) is 6.75. The molecule has 2 N–H and O–H groups in total. The van der Waals surface area contributed by atoms with Gasteiger partial charge in [-0.2, -0.15) is 0 Å². The van der Waals surface area contributed by atoms with Crippen molar-refractivity contribution in [3.05, 3.63) is 10.6 Å². The van der Waals surface area contributed by atoms with Crippen LogP contribution in [0.25, 0.3) is 0 Å². The smallest absolute Gasteiger partial charge is 0.312 e. The quantitative estimate of drug-likeness (QED) is 0.790. The van der Waals surface area contributed by atoms with Crippen LogP contribution < -0.4 is 5.32 Å². The average molecular weight is 310 g/mol. The van der Waals surface area contributed by atoms with Crippen LogP contribution in [0, 0.1) is 0 Å². The zero-order chi connectivity index (χ0) is 14.7. The molecule has 0 spiro atoms. The van der Waals surface area contributed by atoms with E-state index in [9.17, 15) is 9.90 Å². The van der Waals surface area contributed by atoms with Gasteiger partial charge in [0.1, 0.15) is 5.92 Å². The van der Waals surface area contributed by atoms with Gasteiger partial charge in [0.25, 0.3) is 0 Å². The summed E-state index contributed by atoms with van der Waals surface area (Å²) in [7, 11) is 0. The van der Waals surface area contributed by atoms with E-state index in [2.05, 4.69) is 10.3 Å². The fourth-order valence-corrected chi connectivity index (χ4v) is 4.26. The fourth-order valence-electron chi connectivity index (χ4n) is 3.17. The molecule has 1 aromatic heterocycles. The summed E-state index contributed by atoms with van der Waals surface area (Å²) in [5.74, 6) is -1.17. The van der Waals surface area contributed by atoms with Gasteiger partial charge < -0.3 is 15.2 Å². The van der Waals surface area contributed by atoms with E-state index in [0.29, 0.717) is 19.1 Å². The molecule has 116 valence electrons. The first-order valence-corrected chi connectivity index (χ1v) is 8.63. The highest BCUT2D eigenvalue weighted by molar-refractivity contribution is 7.15. The number of anilines is 1. The first-order chi connectivity index (χ1) is 10.2. The van der Waals surface area contributed by atoms with Crippen LogP contribution in [0.1, 0.15) is 55.0 Å². The summed E-state index contributed by atoms with van der Waals surface area (Å²) in [6.07, 6.45) is 7.98. The van der Waals surface area contributed by atoms with Crippen molar-refractivity contribution < 1.29 is 14.6 Å². The Labute approximate surface area is 128 Å². The third-order valence-corrected chi connectivity index (χ3v) is 5.38. The van der Waals surface area contributed by atoms with Gasteiger partial charge in [-0.3, -0.25) is 4.79 Å². The highest BCUT2D eigenvalue weighted by atomic mass is 32.1. The third kappa shape index (κ3) is 3.55. The summed E-state index contributed by atoms with van der Waals surface area (Å²) in [5.41, 5.74) is 0.776. The molecule has 1 unspecified atom stereocenters. The molecule has 0 aromatic carbocycles. The fraction of sp³-hybridized carbons (Fsp3) is 0.733. The zero-order valence-electron chi connectivity index (χ0n) is 12.1. The van der Waals surface area contributed by atoms with E-state index in [1.54, 1.807) is 11.3 Å². The largest absolute Gasteiger partial charge is 0.481 e. The number of rotatable bonds is 6. The Morgan fingerprint density at radius 1 is 1.33 bits per heavy atom. The number of fused-ring (bicyclic) bond motifs is 1. The standard InChI is InChI=1S/C15H22N2O3S/c18-14(19)11-6-3-7-12-13(11)17-15(21-12)16-8-9-20-10-4-1-2-5-10/h10-11H,1-9H2,(H,16,17)(H,18,19). The highest BCUT2D eigenvalue weighted by Gasteiger charge is 2.29. The Balaban J connectivity index is 1.51. The number of thiazole rings is 1. The van der Waals surface area contributed by atoms with Crippen LogP contribution >= 0.6 is 11.3 Å². The second-order valence-corrected chi connectivity index (χ2v) is 6.90. The number of ether oxygens (including phenoxy) is 1. The van der Waals surface area contributed by atoms with Gasteiger partial charge in [0.05, 0.1) is 18.4 Å². The molecule has 21 heavy (non-hydrogen) atoms. The minimum absolute atomic E-state index is 0.421. The second-order valence-electron chi connectivity index (χ2n) is 5.81. The average Bonchev–Trinajstić information content (AvgIpc) is 3.11. The molecular weight excluding hydrogens is 288 g/mol. The minimum atomic E-state index is -0.752. The van der Waals surface area contributed by atoms with Gasteiger partial charge >= 0.3 is 5.97 Å². The van der Waals surface area contributed by atoms with E-state index in [1.165, 1.54) is 25.7 Å². The molecule has 0 amide bonds. The molecule has 0 bridgehead atoms. The number of carboxylic acids is 1. The van der Waals surface area contributed by atoms with E-state index in [1.807, 2.05) is 0 Å². The van der Waals surface area contributed by atoms with Gasteiger partial charge in [0.2, 0.25) is 0 Å². The number of aliphatic carboxylic acids is 1. The molecule has 1 heterocycles. The zero-order valence-corrected chi connectivity index (χ0v) is 13.0. The molecule has 1 aromatic rings. The maximum atomic E-state index is 11.3. The number of aryl methyl sites for hydroxylation is 1. The molecule has 5 nitrogen and oxygen atoms in total. The molecule has 0 saturated heterocycles. The molecule has 2 aliphatic carbocycles. The summed E-state index contributed by atoms with van der Waals surface area (Å²) in [6.45, 7) is 1.43. The Kier molecular flexibility index (Phi) is 4.75. The summed E-state index contributed by atoms with van der Waals surface area (Å²) in [6, 6.07) is 0. The minimum Gasteiger partial charge on any atom is -0.481 e. The van der Waals surface area contributed by atoms with Crippen molar-refractivity contribution in [3.8, 4) is 0 Å². The molecule has 0 radical (unpaired) electrons. The van der Waals surface area contributed by atoms with Crippen LogP contribution in [0.5, 0.6) is 0 Å². The number of aromatic nitrogens is 1. The van der Waals surface area contributed by atoms with E-state index < -0.39 is 11.9 Å². The molecule has 1 fully saturated rings. The third-order valence-electron chi connectivity index (χ3n) is 4.29. The van der Waals surface area contributed by atoms with Gasteiger partial charge in [-0.15, -0.1) is 11.3 Å². The highest BCUT2D eigenvalue weighted by Crippen LogP contribution is 2.36. The van der Waals surface area contributed by atoms with E-state index in [0.717, 1.165) is 35.1 Å². The molecule has 6 heteroatoms. The Morgan fingerprint density at radius 2 is 2.14 bits per heavy atom. The van der Waals surface area contributed by atoms with Gasteiger partial charge in [0, 0.05) is 11.4 Å². The summed E-state index contributed by atoms with van der Waals surface area (Å²) in [5, 5.41) is 13.4. The number of hydrogen-bond donors (Lipinski definition) is 2. The van der Waals surface area contributed by atoms with E-state index in [4.69, 9.17) is 4.74 Å². The van der Waals surface area contributed by atoms with Crippen molar-refractivity contribution >= 4 is 22.4 Å². The van der Waals surface area contributed by atoms with E-state index >= 15 is 0 Å². The summed E-state index contributed by atoms with van der Waals surface area (Å²) in [4.78, 5) is 16.9. The molecule has 0 aliphatic heterocycles. The summed E-state index contributed by atoms with van der Waals surface area (Å²) < 4.78 is 5.81. The maximum Gasteiger partial charge on any atom is 0.312 e. The number of carboxylic acid groups (broad SMARTS) is 1. The van der Waals surface area contributed by atoms with Crippen molar-refractivity contribution in [1.82, 2.24) is 4.98 Å². The van der Waals surface area contributed by atoms with Crippen LogP contribution in [0.15, 0.2) is 0 Å². The molecule has 2 aliphatic rings. The SMILES string of the molecule is O=C(O)C1CCCc2sc(NCCOC3CCCC3)nc21. The van der Waals surface area contributed by atoms with Gasteiger partial charge in [0.15, 0.2) is 5.13 Å². The van der Waals surface area contributed by atoms with Gasteiger partial charge in [-0.1, -0.05) is 12.8 Å². The number of nitrogens with zero attached hydrogens (tertiary/aromatic N) is 1. The lowest BCUT2D eigenvalue weighted by Gasteiger charge is -2.16. The lowest BCUT2D eigenvalue weighted by Crippen LogP contribution is -2.17.